The summed E-state index contributed by atoms with van der Waals surface area (Å²) in [6.45, 7) is 1.46. The lowest BCUT2D eigenvalue weighted by Crippen LogP contribution is -2.32. The van der Waals surface area contributed by atoms with Gasteiger partial charge in [0.2, 0.25) is 0 Å². The van der Waals surface area contributed by atoms with E-state index in [9.17, 15) is 5.11 Å². The maximum absolute atomic E-state index is 10.0. The fourth-order valence-electron chi connectivity index (χ4n) is 2.08. The van der Waals surface area contributed by atoms with Crippen LogP contribution in [0.2, 0.25) is 0 Å². The number of para-hydroxylation sites is 2. The zero-order valence-electron chi connectivity index (χ0n) is 12.1. The Labute approximate surface area is 125 Å². The van der Waals surface area contributed by atoms with E-state index in [1.807, 2.05) is 42.4 Å². The smallest absolute Gasteiger partial charge is 0.142 e. The highest BCUT2D eigenvalue weighted by Gasteiger charge is 2.10. The van der Waals surface area contributed by atoms with Gasteiger partial charge in [0.1, 0.15) is 18.5 Å². The van der Waals surface area contributed by atoms with Gasteiger partial charge in [-0.3, -0.25) is 9.88 Å². The van der Waals surface area contributed by atoms with Gasteiger partial charge in [0, 0.05) is 25.5 Å². The third kappa shape index (κ3) is 5.06. The molecular formula is C16H21N3O2. The lowest BCUT2D eigenvalue weighted by atomic mass is 10.2. The number of aliphatic hydroxyl groups is 1. The molecule has 2 aromatic rings. The molecule has 1 unspecified atom stereocenters. The molecule has 0 spiro atoms. The van der Waals surface area contributed by atoms with Crippen molar-refractivity contribution in [3.8, 4) is 5.75 Å². The second-order valence-electron chi connectivity index (χ2n) is 5.06. The molecule has 0 bridgehead atoms. The summed E-state index contributed by atoms with van der Waals surface area (Å²) in [6.07, 6.45) is 2.99. The average Bonchev–Trinajstić information content (AvgIpc) is 2.47. The summed E-state index contributed by atoms with van der Waals surface area (Å²) in [5, 5.41) is 10.0. The molecule has 1 aromatic heterocycles. The van der Waals surface area contributed by atoms with E-state index in [1.165, 1.54) is 0 Å². The largest absolute Gasteiger partial charge is 0.489 e. The molecule has 0 radical (unpaired) electrons. The number of hydrogen-bond donors (Lipinski definition) is 2. The molecule has 1 heterocycles. The number of pyridine rings is 1. The first-order valence-corrected chi connectivity index (χ1v) is 6.88. The Morgan fingerprint density at radius 2 is 2.10 bits per heavy atom. The Morgan fingerprint density at radius 1 is 1.29 bits per heavy atom. The number of anilines is 1. The highest BCUT2D eigenvalue weighted by molar-refractivity contribution is 5.51. The summed E-state index contributed by atoms with van der Waals surface area (Å²) in [4.78, 5) is 6.10. The number of nitrogen functional groups attached to an aromatic ring is 1. The minimum absolute atomic E-state index is 0.214. The van der Waals surface area contributed by atoms with Crippen LogP contribution in [0.1, 0.15) is 5.56 Å². The van der Waals surface area contributed by atoms with Crippen molar-refractivity contribution in [3.63, 3.8) is 0 Å². The van der Waals surface area contributed by atoms with E-state index in [0.717, 1.165) is 12.1 Å². The van der Waals surface area contributed by atoms with Gasteiger partial charge in [0.05, 0.1) is 5.69 Å². The van der Waals surface area contributed by atoms with Gasteiger partial charge in [-0.05, 0) is 30.8 Å². The summed E-state index contributed by atoms with van der Waals surface area (Å²) in [5.74, 6) is 0.603. The second-order valence-corrected chi connectivity index (χ2v) is 5.06. The Bertz CT molecular complexity index is 548. The number of hydrogen-bond acceptors (Lipinski definition) is 5. The zero-order chi connectivity index (χ0) is 15.1. The first-order valence-electron chi connectivity index (χ1n) is 6.88. The van der Waals surface area contributed by atoms with Gasteiger partial charge in [-0.1, -0.05) is 18.2 Å². The summed E-state index contributed by atoms with van der Waals surface area (Å²) >= 11 is 0. The molecule has 1 aromatic carbocycles. The number of aromatic nitrogens is 1. The number of nitrogens with zero attached hydrogens (tertiary/aromatic N) is 2. The molecule has 0 amide bonds. The normalized spacial score (nSPS) is 12.3. The SMILES string of the molecule is CN(Cc1cccnc1)CC(O)COc1ccccc1N. The summed E-state index contributed by atoms with van der Waals surface area (Å²) in [5.41, 5.74) is 7.47. The van der Waals surface area contributed by atoms with Gasteiger partial charge in [-0.2, -0.15) is 0 Å². The Kier molecular flexibility index (Phi) is 5.54. The number of aliphatic hydroxyl groups excluding tert-OH is 1. The Morgan fingerprint density at radius 3 is 2.81 bits per heavy atom. The van der Waals surface area contributed by atoms with E-state index < -0.39 is 6.10 Å². The Balaban J connectivity index is 1.76. The average molecular weight is 287 g/mol. The standard InChI is InChI=1S/C16H21N3O2/c1-19(10-13-5-4-8-18-9-13)11-14(20)12-21-16-7-3-2-6-15(16)17/h2-9,14,20H,10-12,17H2,1H3. The molecule has 21 heavy (non-hydrogen) atoms. The van der Waals surface area contributed by atoms with Gasteiger partial charge in [-0.25, -0.2) is 0 Å². The molecule has 1 atom stereocenters. The minimum Gasteiger partial charge on any atom is -0.489 e. The quantitative estimate of drug-likeness (QED) is 0.756. The number of ether oxygens (including phenoxy) is 1. The third-order valence-electron chi connectivity index (χ3n) is 3.05. The van der Waals surface area contributed by atoms with Crippen LogP contribution in [0.15, 0.2) is 48.8 Å². The lowest BCUT2D eigenvalue weighted by Gasteiger charge is -2.21. The molecular weight excluding hydrogens is 266 g/mol. The van der Waals surface area contributed by atoms with Crippen molar-refractivity contribution in [1.29, 1.82) is 0 Å². The molecule has 112 valence electrons. The van der Waals surface area contributed by atoms with Crippen LogP contribution in [0.5, 0.6) is 5.75 Å². The van der Waals surface area contributed by atoms with Gasteiger partial charge in [-0.15, -0.1) is 0 Å². The molecule has 0 aliphatic rings. The Hall–Kier alpha value is -2.11. The predicted octanol–water partition coefficient (Wildman–Crippen LogP) is 1.54. The van der Waals surface area contributed by atoms with Crippen LogP contribution in [0.25, 0.3) is 0 Å². The maximum atomic E-state index is 10.0. The topological polar surface area (TPSA) is 71.6 Å². The van der Waals surface area contributed by atoms with Crippen LogP contribution in [-0.2, 0) is 6.54 Å². The molecule has 2 rings (SSSR count). The van der Waals surface area contributed by atoms with E-state index in [0.29, 0.717) is 18.0 Å². The van der Waals surface area contributed by atoms with E-state index in [4.69, 9.17) is 10.5 Å². The van der Waals surface area contributed by atoms with Crippen molar-refractivity contribution in [3.05, 3.63) is 54.4 Å². The molecule has 3 N–H and O–H groups in total. The van der Waals surface area contributed by atoms with E-state index in [1.54, 1.807) is 18.3 Å². The highest BCUT2D eigenvalue weighted by atomic mass is 16.5. The first-order chi connectivity index (χ1) is 10.1. The summed E-state index contributed by atoms with van der Waals surface area (Å²) in [6, 6.07) is 11.2. The van der Waals surface area contributed by atoms with E-state index >= 15 is 0 Å². The van der Waals surface area contributed by atoms with Crippen molar-refractivity contribution in [2.24, 2.45) is 0 Å². The number of rotatable bonds is 7. The van der Waals surface area contributed by atoms with Crippen molar-refractivity contribution >= 4 is 5.69 Å². The van der Waals surface area contributed by atoms with Gasteiger partial charge >= 0.3 is 0 Å². The molecule has 0 saturated heterocycles. The molecule has 0 aliphatic heterocycles. The second kappa shape index (κ2) is 7.61. The number of benzene rings is 1. The number of likely N-dealkylation sites (N-methyl/N-ethyl adjacent to an activating group) is 1. The molecule has 5 heteroatoms. The van der Waals surface area contributed by atoms with Crippen LogP contribution in [-0.4, -0.2) is 41.3 Å². The van der Waals surface area contributed by atoms with Crippen LogP contribution < -0.4 is 10.5 Å². The van der Waals surface area contributed by atoms with Gasteiger partial charge in [0.15, 0.2) is 0 Å². The predicted molar refractivity (Wildman–Crippen MR) is 82.9 cm³/mol. The highest BCUT2D eigenvalue weighted by Crippen LogP contribution is 2.19. The van der Waals surface area contributed by atoms with Crippen molar-refractivity contribution in [1.82, 2.24) is 9.88 Å². The van der Waals surface area contributed by atoms with Crippen molar-refractivity contribution in [2.75, 3.05) is 25.9 Å². The number of nitrogens with two attached hydrogens (primary N) is 1. The summed E-state index contributed by atoms with van der Waals surface area (Å²) < 4.78 is 5.54. The summed E-state index contributed by atoms with van der Waals surface area (Å²) in [7, 11) is 1.95. The van der Waals surface area contributed by atoms with Gasteiger partial charge in [0.25, 0.3) is 0 Å². The van der Waals surface area contributed by atoms with Crippen molar-refractivity contribution in [2.45, 2.75) is 12.6 Å². The molecule has 0 fully saturated rings. The van der Waals surface area contributed by atoms with Crippen molar-refractivity contribution < 1.29 is 9.84 Å². The lowest BCUT2D eigenvalue weighted by molar-refractivity contribution is 0.0746. The van der Waals surface area contributed by atoms with E-state index in [2.05, 4.69) is 4.98 Å². The van der Waals surface area contributed by atoms with E-state index in [-0.39, 0.29) is 6.61 Å². The molecule has 0 aliphatic carbocycles. The minimum atomic E-state index is -0.578. The third-order valence-corrected chi connectivity index (χ3v) is 3.05. The zero-order valence-corrected chi connectivity index (χ0v) is 12.1. The van der Waals surface area contributed by atoms with Crippen LogP contribution in [0.3, 0.4) is 0 Å². The fourth-order valence-corrected chi connectivity index (χ4v) is 2.08. The monoisotopic (exact) mass is 287 g/mol. The molecule has 0 saturated carbocycles. The van der Waals surface area contributed by atoms with Crippen LogP contribution in [0, 0.1) is 0 Å². The van der Waals surface area contributed by atoms with Crippen LogP contribution >= 0.6 is 0 Å². The van der Waals surface area contributed by atoms with Crippen LogP contribution in [0.4, 0.5) is 5.69 Å². The molecule has 5 nitrogen and oxygen atoms in total. The maximum Gasteiger partial charge on any atom is 0.142 e. The first kappa shape index (κ1) is 15.3. The fraction of sp³-hybridized carbons (Fsp3) is 0.312. The van der Waals surface area contributed by atoms with Gasteiger partial charge < -0.3 is 15.6 Å².